The van der Waals surface area contributed by atoms with Crippen LogP contribution in [-0.4, -0.2) is 54.9 Å². The van der Waals surface area contributed by atoms with Crippen molar-refractivity contribution in [2.24, 2.45) is 0 Å². The van der Waals surface area contributed by atoms with Gasteiger partial charge in [0.1, 0.15) is 0 Å². The molecule has 0 radical (unpaired) electrons. The summed E-state index contributed by atoms with van der Waals surface area (Å²) in [5, 5.41) is 12.4. The van der Waals surface area contributed by atoms with Crippen LogP contribution in [0.1, 0.15) is 17.3 Å². The Balaban J connectivity index is 1.99. The number of anilines is 2. The molecule has 6 nitrogen and oxygen atoms in total. The maximum Gasteiger partial charge on any atom is 0.337 e. The van der Waals surface area contributed by atoms with E-state index in [4.69, 9.17) is 10.5 Å². The molecule has 6 heteroatoms. The lowest BCUT2D eigenvalue weighted by atomic mass is 10.1. The van der Waals surface area contributed by atoms with Crippen LogP contribution in [0.2, 0.25) is 0 Å². The summed E-state index contributed by atoms with van der Waals surface area (Å²) in [5.41, 5.74) is 6.90. The summed E-state index contributed by atoms with van der Waals surface area (Å²) in [6.45, 7) is 6.24. The Morgan fingerprint density at radius 1 is 1.50 bits per heavy atom. The molecule has 20 heavy (non-hydrogen) atoms. The van der Waals surface area contributed by atoms with Crippen molar-refractivity contribution < 1.29 is 14.6 Å². The zero-order valence-corrected chi connectivity index (χ0v) is 11.6. The number of morpholine rings is 1. The van der Waals surface area contributed by atoms with Crippen molar-refractivity contribution in [3.63, 3.8) is 0 Å². The first kappa shape index (κ1) is 14.6. The molecular weight excluding hydrogens is 258 g/mol. The van der Waals surface area contributed by atoms with E-state index in [0.29, 0.717) is 11.4 Å². The smallest absolute Gasteiger partial charge is 0.337 e. The van der Waals surface area contributed by atoms with E-state index in [1.54, 1.807) is 12.1 Å². The number of nitrogens with two attached hydrogens (primary N) is 1. The average molecular weight is 279 g/mol. The minimum atomic E-state index is -0.974. The second-order valence-corrected chi connectivity index (χ2v) is 5.07. The summed E-state index contributed by atoms with van der Waals surface area (Å²) in [7, 11) is 0. The second kappa shape index (κ2) is 6.58. The van der Waals surface area contributed by atoms with Gasteiger partial charge in [-0.3, -0.25) is 4.90 Å². The summed E-state index contributed by atoms with van der Waals surface area (Å²) in [4.78, 5) is 13.5. The third-order valence-electron chi connectivity index (χ3n) is 3.31. The largest absolute Gasteiger partial charge is 0.478 e. The highest BCUT2D eigenvalue weighted by Gasteiger charge is 2.16. The molecule has 1 aromatic carbocycles. The summed E-state index contributed by atoms with van der Waals surface area (Å²) < 4.78 is 5.31. The maximum atomic E-state index is 11.2. The van der Waals surface area contributed by atoms with Gasteiger partial charge in [-0.25, -0.2) is 4.79 Å². The summed E-state index contributed by atoms with van der Waals surface area (Å²) >= 11 is 0. The number of rotatable bonds is 5. The first-order chi connectivity index (χ1) is 9.56. The van der Waals surface area contributed by atoms with Gasteiger partial charge in [0.25, 0.3) is 0 Å². The molecule has 4 N–H and O–H groups in total. The Hall–Kier alpha value is -1.79. The van der Waals surface area contributed by atoms with Gasteiger partial charge in [0, 0.05) is 37.1 Å². The van der Waals surface area contributed by atoms with Crippen LogP contribution in [0.25, 0.3) is 0 Å². The van der Waals surface area contributed by atoms with E-state index in [9.17, 15) is 9.90 Å². The molecule has 1 aliphatic rings. The topological polar surface area (TPSA) is 87.8 Å². The van der Waals surface area contributed by atoms with Crippen molar-refractivity contribution in [2.45, 2.75) is 13.0 Å². The fraction of sp³-hybridized carbons (Fsp3) is 0.500. The number of nitrogen functional groups attached to an aromatic ring is 1. The van der Waals surface area contributed by atoms with E-state index in [-0.39, 0.29) is 11.6 Å². The van der Waals surface area contributed by atoms with Crippen LogP contribution in [0.5, 0.6) is 0 Å². The first-order valence-corrected chi connectivity index (χ1v) is 6.75. The van der Waals surface area contributed by atoms with Gasteiger partial charge in [0.2, 0.25) is 0 Å². The molecule has 1 aliphatic heterocycles. The minimum Gasteiger partial charge on any atom is -0.478 e. The van der Waals surface area contributed by atoms with E-state index in [0.717, 1.165) is 32.8 Å². The van der Waals surface area contributed by atoms with Gasteiger partial charge < -0.3 is 20.9 Å². The molecule has 1 atom stereocenters. The molecule has 1 fully saturated rings. The van der Waals surface area contributed by atoms with Crippen LogP contribution in [0, 0.1) is 0 Å². The number of benzene rings is 1. The van der Waals surface area contributed by atoms with E-state index < -0.39 is 5.97 Å². The van der Waals surface area contributed by atoms with Crippen molar-refractivity contribution in [3.05, 3.63) is 23.8 Å². The van der Waals surface area contributed by atoms with Crippen LogP contribution in [0.4, 0.5) is 11.4 Å². The molecule has 0 amide bonds. The number of nitrogens with zero attached hydrogens (tertiary/aromatic N) is 1. The summed E-state index contributed by atoms with van der Waals surface area (Å²) in [6, 6.07) is 5.05. The number of carboxylic acid groups (broad SMARTS) is 1. The van der Waals surface area contributed by atoms with Crippen LogP contribution >= 0.6 is 0 Å². The van der Waals surface area contributed by atoms with Gasteiger partial charge in [-0.1, -0.05) is 0 Å². The third kappa shape index (κ3) is 3.85. The van der Waals surface area contributed by atoms with Crippen molar-refractivity contribution in [3.8, 4) is 0 Å². The second-order valence-electron chi connectivity index (χ2n) is 5.07. The molecule has 1 heterocycles. The van der Waals surface area contributed by atoms with Gasteiger partial charge >= 0.3 is 5.97 Å². The molecule has 1 unspecified atom stereocenters. The highest BCUT2D eigenvalue weighted by atomic mass is 16.5. The van der Waals surface area contributed by atoms with Crippen molar-refractivity contribution in [1.29, 1.82) is 0 Å². The zero-order valence-electron chi connectivity index (χ0n) is 11.6. The van der Waals surface area contributed by atoms with Gasteiger partial charge in [0.15, 0.2) is 0 Å². The number of carbonyl (C=O) groups is 1. The molecule has 0 bridgehead atoms. The van der Waals surface area contributed by atoms with Gasteiger partial charge in [0.05, 0.1) is 18.8 Å². The first-order valence-electron chi connectivity index (χ1n) is 6.75. The van der Waals surface area contributed by atoms with E-state index in [1.165, 1.54) is 6.07 Å². The number of nitrogens with one attached hydrogen (secondary N) is 1. The van der Waals surface area contributed by atoms with Crippen molar-refractivity contribution in [1.82, 2.24) is 4.90 Å². The summed E-state index contributed by atoms with van der Waals surface area (Å²) in [5.74, 6) is -0.974. The van der Waals surface area contributed by atoms with Crippen LogP contribution < -0.4 is 11.1 Å². The lowest BCUT2D eigenvalue weighted by Gasteiger charge is -2.30. The highest BCUT2D eigenvalue weighted by molar-refractivity contribution is 5.95. The highest BCUT2D eigenvalue weighted by Crippen LogP contribution is 2.20. The average Bonchev–Trinajstić information content (AvgIpc) is 2.41. The molecule has 1 saturated heterocycles. The molecular formula is C14H21N3O3. The Morgan fingerprint density at radius 2 is 2.20 bits per heavy atom. The number of hydrogen-bond acceptors (Lipinski definition) is 5. The lowest BCUT2D eigenvalue weighted by molar-refractivity contribution is 0.0368. The predicted molar refractivity (Wildman–Crippen MR) is 78.2 cm³/mol. The van der Waals surface area contributed by atoms with Crippen molar-refractivity contribution >= 4 is 17.3 Å². The minimum absolute atomic E-state index is 0.148. The fourth-order valence-corrected chi connectivity index (χ4v) is 2.35. The van der Waals surface area contributed by atoms with E-state index >= 15 is 0 Å². The Kier molecular flexibility index (Phi) is 4.81. The van der Waals surface area contributed by atoms with Gasteiger partial charge in [-0.05, 0) is 25.1 Å². The normalized spacial score (nSPS) is 17.6. The van der Waals surface area contributed by atoms with Crippen LogP contribution in [0.15, 0.2) is 18.2 Å². The van der Waals surface area contributed by atoms with Gasteiger partial charge in [-0.15, -0.1) is 0 Å². The number of aromatic carboxylic acids is 1. The van der Waals surface area contributed by atoms with E-state index in [1.807, 2.05) is 6.92 Å². The van der Waals surface area contributed by atoms with Crippen LogP contribution in [-0.2, 0) is 4.74 Å². The Morgan fingerprint density at radius 3 is 2.85 bits per heavy atom. The molecule has 0 aromatic heterocycles. The number of carboxylic acids is 1. The van der Waals surface area contributed by atoms with E-state index in [2.05, 4.69) is 10.2 Å². The zero-order chi connectivity index (χ0) is 14.5. The predicted octanol–water partition coefficient (Wildman–Crippen LogP) is 1.10. The maximum absolute atomic E-state index is 11.2. The molecule has 1 aromatic rings. The number of ether oxygens (including phenoxy) is 1. The number of hydrogen-bond donors (Lipinski definition) is 3. The van der Waals surface area contributed by atoms with Gasteiger partial charge in [-0.2, -0.15) is 0 Å². The molecule has 0 spiro atoms. The fourth-order valence-electron chi connectivity index (χ4n) is 2.35. The van der Waals surface area contributed by atoms with Crippen LogP contribution in [0.3, 0.4) is 0 Å². The monoisotopic (exact) mass is 279 g/mol. The lowest BCUT2D eigenvalue weighted by Crippen LogP contribution is -2.42. The molecule has 110 valence electrons. The third-order valence-corrected chi connectivity index (χ3v) is 3.31. The van der Waals surface area contributed by atoms with Crippen molar-refractivity contribution in [2.75, 3.05) is 43.9 Å². The molecule has 2 rings (SSSR count). The molecule has 0 saturated carbocycles. The molecule has 0 aliphatic carbocycles. The standard InChI is InChI=1S/C14H21N3O3/c1-10(9-17-4-6-20-7-5-17)16-13-3-2-11(15)8-12(13)14(18)19/h2-3,8,10,16H,4-7,9,15H2,1H3,(H,18,19). The summed E-state index contributed by atoms with van der Waals surface area (Å²) in [6.07, 6.45) is 0. The SMILES string of the molecule is CC(CN1CCOCC1)Nc1ccc(N)cc1C(=O)O. The Bertz CT molecular complexity index is 473. The Labute approximate surface area is 118 Å². The quantitative estimate of drug-likeness (QED) is 0.700.